The number of rotatable bonds is 7. The molecule has 1 aromatic heterocycles. The molecule has 3 aromatic rings. The average molecular weight is 437 g/mol. The number of nitrogens with two attached hydrogens (primary N) is 1. The summed E-state index contributed by atoms with van der Waals surface area (Å²) in [5, 5.41) is 8.14. The highest BCUT2D eigenvalue weighted by molar-refractivity contribution is 8.00. The third-order valence-electron chi connectivity index (χ3n) is 3.94. The lowest BCUT2D eigenvalue weighted by molar-refractivity contribution is -0.146. The van der Waals surface area contributed by atoms with Crippen LogP contribution in [0.2, 0.25) is 0 Å². The number of carbonyl (C=O) groups excluding carboxylic acids is 1. The molecule has 0 fully saturated rings. The molecular weight excluding hydrogens is 419 g/mol. The van der Waals surface area contributed by atoms with Crippen molar-refractivity contribution in [2.75, 3.05) is 11.2 Å². The minimum atomic E-state index is -4.73. The molecule has 0 aliphatic heterocycles. The fourth-order valence-electron chi connectivity index (χ4n) is 2.38. The second-order valence-electron chi connectivity index (χ2n) is 6.22. The lowest BCUT2D eigenvalue weighted by atomic mass is 10.2. The van der Waals surface area contributed by atoms with Gasteiger partial charge in [-0.2, -0.15) is 13.2 Å². The first-order valence-electron chi connectivity index (χ1n) is 8.76. The van der Waals surface area contributed by atoms with Crippen LogP contribution in [-0.2, 0) is 17.6 Å². The number of ether oxygens (including phenoxy) is 1. The van der Waals surface area contributed by atoms with E-state index in [-0.39, 0.29) is 5.16 Å². The maximum atomic E-state index is 12.7. The maximum Gasteiger partial charge on any atom is 0.453 e. The van der Waals surface area contributed by atoms with E-state index in [4.69, 9.17) is 10.6 Å². The van der Waals surface area contributed by atoms with Crippen LogP contribution in [-0.4, -0.2) is 26.0 Å². The van der Waals surface area contributed by atoms with Crippen molar-refractivity contribution < 1.29 is 22.7 Å². The zero-order chi connectivity index (χ0) is 21.7. The molecule has 1 atom stereocenters. The summed E-state index contributed by atoms with van der Waals surface area (Å²) in [4.78, 5) is 12.3. The summed E-state index contributed by atoms with van der Waals surface area (Å²) >= 11 is 0.771. The number of halogens is 3. The molecule has 3 N–H and O–H groups in total. The van der Waals surface area contributed by atoms with Crippen LogP contribution in [0.4, 0.5) is 18.9 Å². The van der Waals surface area contributed by atoms with Gasteiger partial charge in [-0.1, -0.05) is 42.1 Å². The predicted molar refractivity (Wildman–Crippen MR) is 106 cm³/mol. The average Bonchev–Trinajstić information content (AvgIpc) is 3.09. The number of nitrogen functional groups attached to an aromatic ring is 1. The van der Waals surface area contributed by atoms with Crippen molar-refractivity contribution in [3.05, 3.63) is 66.0 Å². The van der Waals surface area contributed by atoms with Gasteiger partial charge in [0.05, 0.1) is 5.25 Å². The van der Waals surface area contributed by atoms with E-state index < -0.39 is 23.2 Å². The van der Waals surface area contributed by atoms with Gasteiger partial charge in [0.15, 0.2) is 0 Å². The van der Waals surface area contributed by atoms with Crippen LogP contribution in [0.15, 0.2) is 59.8 Å². The van der Waals surface area contributed by atoms with Gasteiger partial charge in [-0.15, -0.1) is 10.2 Å². The summed E-state index contributed by atoms with van der Waals surface area (Å²) in [7, 11) is 0. The third-order valence-corrected chi connectivity index (χ3v) is 5.00. The highest BCUT2D eigenvalue weighted by atomic mass is 32.2. The molecule has 0 bridgehead atoms. The van der Waals surface area contributed by atoms with Crippen molar-refractivity contribution in [2.24, 2.45) is 0 Å². The predicted octanol–water partition coefficient (Wildman–Crippen LogP) is 3.71. The van der Waals surface area contributed by atoms with Gasteiger partial charge in [0.1, 0.15) is 12.4 Å². The fraction of sp³-hybridized carbons (Fsp3) is 0.211. The summed E-state index contributed by atoms with van der Waals surface area (Å²) in [5.41, 5.74) is 1.55. The van der Waals surface area contributed by atoms with Crippen LogP contribution in [0.5, 0.6) is 5.75 Å². The lowest BCUT2D eigenvalue weighted by Gasteiger charge is -2.12. The molecule has 3 rings (SSSR count). The van der Waals surface area contributed by atoms with Crippen LogP contribution in [0, 0.1) is 0 Å². The number of amides is 1. The van der Waals surface area contributed by atoms with E-state index in [0.29, 0.717) is 22.7 Å². The second-order valence-corrected chi connectivity index (χ2v) is 7.53. The van der Waals surface area contributed by atoms with Crippen molar-refractivity contribution in [3.8, 4) is 5.75 Å². The monoisotopic (exact) mass is 437 g/mol. The minimum absolute atomic E-state index is 0.213. The number of anilines is 1. The Kier molecular flexibility index (Phi) is 6.50. The number of hydrogen-bond acceptors (Lipinski definition) is 6. The number of nitrogens with one attached hydrogen (secondary N) is 1. The van der Waals surface area contributed by atoms with Gasteiger partial charge in [-0.25, -0.2) is 4.68 Å². The summed E-state index contributed by atoms with van der Waals surface area (Å²) in [5.74, 6) is 4.27. The summed E-state index contributed by atoms with van der Waals surface area (Å²) < 4.78 is 44.2. The summed E-state index contributed by atoms with van der Waals surface area (Å²) in [6.45, 7) is 1.94. The van der Waals surface area contributed by atoms with Gasteiger partial charge in [-0.3, -0.25) is 4.79 Å². The molecule has 0 radical (unpaired) electrons. The molecule has 158 valence electrons. The lowest BCUT2D eigenvalue weighted by Crippen LogP contribution is -2.25. The Morgan fingerprint density at radius 3 is 2.43 bits per heavy atom. The molecule has 1 amide bonds. The van der Waals surface area contributed by atoms with E-state index in [1.54, 1.807) is 24.3 Å². The van der Waals surface area contributed by atoms with Crippen molar-refractivity contribution in [2.45, 2.75) is 30.1 Å². The van der Waals surface area contributed by atoms with Gasteiger partial charge in [-0.05, 0) is 36.8 Å². The fourth-order valence-corrected chi connectivity index (χ4v) is 3.15. The second kappa shape index (κ2) is 9.08. The number of thioether (sulfide) groups is 1. The molecule has 0 spiro atoms. The number of hydrogen-bond donors (Lipinski definition) is 2. The number of carbonyl (C=O) groups is 1. The minimum Gasteiger partial charge on any atom is -0.489 e. The van der Waals surface area contributed by atoms with Gasteiger partial charge in [0.25, 0.3) is 5.82 Å². The normalized spacial score (nSPS) is 12.4. The zero-order valence-corrected chi connectivity index (χ0v) is 16.6. The summed E-state index contributed by atoms with van der Waals surface area (Å²) in [6, 6.07) is 16.4. The SMILES string of the molecule is C[C@@H](Sc1nnc(C(F)(F)F)n1N)C(=O)Nc1ccc(OCc2ccccc2)cc1. The first-order chi connectivity index (χ1) is 14.2. The first-order valence-corrected chi connectivity index (χ1v) is 9.64. The molecule has 0 saturated carbocycles. The first kappa shape index (κ1) is 21.5. The van der Waals surface area contributed by atoms with Gasteiger partial charge < -0.3 is 15.9 Å². The molecule has 11 heteroatoms. The van der Waals surface area contributed by atoms with Gasteiger partial charge in [0, 0.05) is 5.69 Å². The largest absolute Gasteiger partial charge is 0.489 e. The Balaban J connectivity index is 1.54. The molecular formula is C19H18F3N5O2S. The molecule has 1 heterocycles. The van der Waals surface area contributed by atoms with Gasteiger partial charge >= 0.3 is 6.18 Å². The number of aromatic nitrogens is 3. The van der Waals surface area contributed by atoms with Crippen LogP contribution in [0.3, 0.4) is 0 Å². The van der Waals surface area contributed by atoms with Crippen molar-refractivity contribution >= 4 is 23.4 Å². The number of alkyl halides is 3. The Labute approximate surface area is 174 Å². The number of nitrogens with zero attached hydrogens (tertiary/aromatic N) is 3. The quantitative estimate of drug-likeness (QED) is 0.432. The van der Waals surface area contributed by atoms with Crippen molar-refractivity contribution in [1.82, 2.24) is 14.9 Å². The Morgan fingerprint density at radius 2 is 1.83 bits per heavy atom. The third kappa shape index (κ3) is 5.44. The van der Waals surface area contributed by atoms with Gasteiger partial charge in [0.2, 0.25) is 11.1 Å². The van der Waals surface area contributed by atoms with E-state index in [2.05, 4.69) is 15.5 Å². The molecule has 30 heavy (non-hydrogen) atoms. The standard InChI is InChI=1S/C19H18F3N5O2S/c1-12(30-18-26-25-17(27(18)23)19(20,21)22)16(28)24-14-7-9-15(10-8-14)29-11-13-5-3-2-4-6-13/h2-10,12H,11,23H2,1H3,(H,24,28)/t12-/m1/s1. The zero-order valence-electron chi connectivity index (χ0n) is 15.8. The molecule has 0 aliphatic carbocycles. The summed E-state index contributed by atoms with van der Waals surface area (Å²) in [6.07, 6.45) is -4.73. The highest BCUT2D eigenvalue weighted by Gasteiger charge is 2.38. The van der Waals surface area contributed by atoms with E-state index in [1.165, 1.54) is 6.92 Å². The van der Waals surface area contributed by atoms with E-state index in [9.17, 15) is 18.0 Å². The smallest absolute Gasteiger partial charge is 0.453 e. The molecule has 0 aliphatic rings. The van der Waals surface area contributed by atoms with E-state index in [1.807, 2.05) is 30.3 Å². The number of benzene rings is 2. The topological polar surface area (TPSA) is 95.1 Å². The van der Waals surface area contributed by atoms with E-state index >= 15 is 0 Å². The van der Waals surface area contributed by atoms with Crippen LogP contribution >= 0.6 is 11.8 Å². The molecule has 0 saturated heterocycles. The molecule has 0 unspecified atom stereocenters. The Morgan fingerprint density at radius 1 is 1.17 bits per heavy atom. The maximum absolute atomic E-state index is 12.7. The van der Waals surface area contributed by atoms with Crippen LogP contribution in [0.1, 0.15) is 18.3 Å². The van der Waals surface area contributed by atoms with Crippen molar-refractivity contribution in [3.63, 3.8) is 0 Å². The highest BCUT2D eigenvalue weighted by Crippen LogP contribution is 2.30. The van der Waals surface area contributed by atoms with Crippen LogP contribution in [0.25, 0.3) is 0 Å². The van der Waals surface area contributed by atoms with Crippen molar-refractivity contribution in [1.29, 1.82) is 0 Å². The van der Waals surface area contributed by atoms with E-state index in [0.717, 1.165) is 17.3 Å². The molecule has 2 aromatic carbocycles. The Hall–Kier alpha value is -3.21. The molecule has 7 nitrogen and oxygen atoms in total. The van der Waals surface area contributed by atoms with Crippen LogP contribution < -0.4 is 15.9 Å². The Bertz CT molecular complexity index is 994.